The predicted octanol–water partition coefficient (Wildman–Crippen LogP) is 3.00. The van der Waals surface area contributed by atoms with Gasteiger partial charge in [0.1, 0.15) is 5.58 Å². The van der Waals surface area contributed by atoms with E-state index in [1.807, 2.05) is 26.0 Å². The molecule has 0 bridgehead atoms. The van der Waals surface area contributed by atoms with E-state index in [1.54, 1.807) is 6.92 Å². The minimum atomic E-state index is -2.37. The highest BCUT2D eigenvalue weighted by Gasteiger charge is 2.47. The van der Waals surface area contributed by atoms with Crippen molar-refractivity contribution in [2.75, 3.05) is 13.1 Å². The zero-order valence-corrected chi connectivity index (χ0v) is 13.3. The van der Waals surface area contributed by atoms with Crippen molar-refractivity contribution >= 4 is 22.8 Å². The van der Waals surface area contributed by atoms with Gasteiger partial charge in [0.2, 0.25) is 5.67 Å². The lowest BCUT2D eigenvalue weighted by molar-refractivity contribution is -0.149. The summed E-state index contributed by atoms with van der Waals surface area (Å²) >= 11 is 0. The maximum atomic E-state index is 14.2. The molecule has 0 spiro atoms. The van der Waals surface area contributed by atoms with Gasteiger partial charge >= 0.3 is 5.97 Å². The molecule has 23 heavy (non-hydrogen) atoms. The molecular formula is C17H18FNO4. The van der Waals surface area contributed by atoms with Crippen LogP contribution in [0.4, 0.5) is 4.39 Å². The summed E-state index contributed by atoms with van der Waals surface area (Å²) in [6.07, 6.45) is -0.203. The molecule has 1 atom stereocenters. The Hall–Kier alpha value is -2.37. The number of amides is 1. The fourth-order valence-corrected chi connectivity index (χ4v) is 3.14. The van der Waals surface area contributed by atoms with Gasteiger partial charge in [-0.05, 0) is 31.9 Å². The van der Waals surface area contributed by atoms with Crippen LogP contribution in [0, 0.1) is 20.8 Å². The molecule has 2 aromatic rings. The molecule has 1 fully saturated rings. The first-order valence-electron chi connectivity index (χ1n) is 7.45. The summed E-state index contributed by atoms with van der Waals surface area (Å²) in [5.74, 6) is -1.83. The van der Waals surface area contributed by atoms with Crippen LogP contribution in [0.1, 0.15) is 33.7 Å². The molecule has 1 saturated heterocycles. The predicted molar refractivity (Wildman–Crippen MR) is 82.4 cm³/mol. The molecule has 1 unspecified atom stereocenters. The molecule has 3 rings (SSSR count). The summed E-state index contributed by atoms with van der Waals surface area (Å²) in [5, 5.41) is 9.83. The van der Waals surface area contributed by atoms with E-state index >= 15 is 0 Å². The van der Waals surface area contributed by atoms with Crippen LogP contribution in [-0.4, -0.2) is 40.6 Å². The van der Waals surface area contributed by atoms with Gasteiger partial charge in [0.25, 0.3) is 5.91 Å². The third-order valence-electron chi connectivity index (χ3n) is 4.57. The van der Waals surface area contributed by atoms with Gasteiger partial charge in [0.15, 0.2) is 5.76 Å². The molecule has 0 radical (unpaired) electrons. The summed E-state index contributed by atoms with van der Waals surface area (Å²) < 4.78 is 19.9. The number of halogens is 1. The first-order chi connectivity index (χ1) is 10.7. The number of hydrogen-bond donors (Lipinski definition) is 1. The maximum Gasteiger partial charge on any atom is 0.343 e. The minimum absolute atomic E-state index is 0.0656. The van der Waals surface area contributed by atoms with Crippen LogP contribution in [-0.2, 0) is 4.79 Å². The van der Waals surface area contributed by atoms with Crippen molar-refractivity contribution in [3.63, 3.8) is 0 Å². The molecule has 1 aliphatic heterocycles. The monoisotopic (exact) mass is 319 g/mol. The lowest BCUT2D eigenvalue weighted by atomic mass is 10.0. The largest absolute Gasteiger partial charge is 0.479 e. The summed E-state index contributed by atoms with van der Waals surface area (Å²) in [6, 6.07) is 3.88. The van der Waals surface area contributed by atoms with E-state index in [2.05, 4.69) is 0 Å². The maximum absolute atomic E-state index is 14.2. The van der Waals surface area contributed by atoms with Crippen molar-refractivity contribution in [1.82, 2.24) is 4.90 Å². The van der Waals surface area contributed by atoms with E-state index in [-0.39, 0.29) is 18.7 Å². The van der Waals surface area contributed by atoms with E-state index in [4.69, 9.17) is 9.52 Å². The second kappa shape index (κ2) is 5.08. The van der Waals surface area contributed by atoms with Crippen molar-refractivity contribution in [3.8, 4) is 0 Å². The van der Waals surface area contributed by atoms with E-state index in [0.717, 1.165) is 16.5 Å². The highest BCUT2D eigenvalue weighted by atomic mass is 19.1. The van der Waals surface area contributed by atoms with Crippen molar-refractivity contribution in [2.45, 2.75) is 32.9 Å². The quantitative estimate of drug-likeness (QED) is 0.924. The lowest BCUT2D eigenvalue weighted by Crippen LogP contribution is -2.38. The van der Waals surface area contributed by atoms with Gasteiger partial charge in [-0.1, -0.05) is 12.1 Å². The van der Waals surface area contributed by atoms with Crippen LogP contribution < -0.4 is 0 Å². The second-order valence-corrected chi connectivity index (χ2v) is 6.21. The fourth-order valence-electron chi connectivity index (χ4n) is 3.14. The van der Waals surface area contributed by atoms with Gasteiger partial charge in [0.05, 0.1) is 6.54 Å². The number of rotatable bonds is 2. The summed E-state index contributed by atoms with van der Waals surface area (Å²) in [4.78, 5) is 24.8. The molecule has 5 nitrogen and oxygen atoms in total. The second-order valence-electron chi connectivity index (χ2n) is 6.21. The van der Waals surface area contributed by atoms with E-state index < -0.39 is 24.1 Å². The number of aliphatic carboxylic acids is 1. The van der Waals surface area contributed by atoms with E-state index in [0.29, 0.717) is 11.1 Å². The Balaban J connectivity index is 2.00. The average molecular weight is 319 g/mol. The number of furan rings is 1. The van der Waals surface area contributed by atoms with Crippen molar-refractivity contribution in [3.05, 3.63) is 34.6 Å². The molecule has 6 heteroatoms. The van der Waals surface area contributed by atoms with Crippen LogP contribution in [0.3, 0.4) is 0 Å². The van der Waals surface area contributed by atoms with Crippen LogP contribution in [0.15, 0.2) is 16.5 Å². The van der Waals surface area contributed by atoms with Crippen LogP contribution in [0.25, 0.3) is 11.0 Å². The zero-order chi connectivity index (χ0) is 16.9. The first kappa shape index (κ1) is 15.5. The zero-order valence-electron chi connectivity index (χ0n) is 13.3. The third kappa shape index (κ3) is 2.29. The Morgan fingerprint density at radius 2 is 1.91 bits per heavy atom. The van der Waals surface area contributed by atoms with Gasteiger partial charge < -0.3 is 14.4 Å². The van der Waals surface area contributed by atoms with Gasteiger partial charge in [-0.25, -0.2) is 9.18 Å². The Morgan fingerprint density at radius 1 is 1.26 bits per heavy atom. The van der Waals surface area contributed by atoms with Crippen LogP contribution in [0.2, 0.25) is 0 Å². The van der Waals surface area contributed by atoms with Gasteiger partial charge in [-0.15, -0.1) is 0 Å². The highest BCUT2D eigenvalue weighted by Crippen LogP contribution is 2.33. The number of aryl methyl sites for hydroxylation is 3. The molecular weight excluding hydrogens is 301 g/mol. The number of fused-ring (bicyclic) bond motifs is 1. The molecule has 1 aromatic carbocycles. The standard InChI is InChI=1S/C17H18FNO4/c1-9-4-5-10(2)13-12(9)11(3)14(23-13)15(20)19-7-6-17(18,8-19)16(21)22/h4-5H,6-8H2,1-3H3,(H,21,22). The van der Waals surface area contributed by atoms with Gasteiger partial charge in [-0.2, -0.15) is 0 Å². The van der Waals surface area contributed by atoms with Gasteiger partial charge in [0, 0.05) is 23.9 Å². The minimum Gasteiger partial charge on any atom is -0.479 e. The smallest absolute Gasteiger partial charge is 0.343 e. The molecule has 1 aliphatic rings. The number of carbonyl (C=O) groups is 2. The molecule has 2 heterocycles. The third-order valence-corrected chi connectivity index (χ3v) is 4.57. The fraction of sp³-hybridized carbons (Fsp3) is 0.412. The summed E-state index contributed by atoms with van der Waals surface area (Å²) in [5.41, 5.74) is 0.895. The Bertz CT molecular complexity index is 826. The lowest BCUT2D eigenvalue weighted by Gasteiger charge is -2.16. The van der Waals surface area contributed by atoms with Crippen molar-refractivity contribution in [2.24, 2.45) is 0 Å². The van der Waals surface area contributed by atoms with E-state index in [1.165, 1.54) is 4.90 Å². The van der Waals surface area contributed by atoms with Crippen LogP contribution >= 0.6 is 0 Å². The molecule has 1 aromatic heterocycles. The van der Waals surface area contributed by atoms with Crippen molar-refractivity contribution < 1.29 is 23.5 Å². The number of alkyl halides is 1. The molecule has 0 saturated carbocycles. The van der Waals surface area contributed by atoms with Crippen molar-refractivity contribution in [1.29, 1.82) is 0 Å². The molecule has 1 N–H and O–H groups in total. The average Bonchev–Trinajstić information content (AvgIpc) is 3.06. The molecule has 122 valence electrons. The Morgan fingerprint density at radius 3 is 2.48 bits per heavy atom. The SMILES string of the molecule is Cc1ccc(C)c2c(C)c(C(=O)N3CCC(F)(C(=O)O)C3)oc12. The Kier molecular flexibility index (Phi) is 3.43. The molecule has 1 amide bonds. The number of benzene rings is 1. The van der Waals surface area contributed by atoms with Gasteiger partial charge in [-0.3, -0.25) is 4.79 Å². The van der Waals surface area contributed by atoms with Crippen LogP contribution in [0.5, 0.6) is 0 Å². The number of likely N-dealkylation sites (tertiary alicyclic amines) is 1. The highest BCUT2D eigenvalue weighted by molar-refractivity contribution is 6.01. The summed E-state index contributed by atoms with van der Waals surface area (Å²) in [6.45, 7) is 5.24. The number of carboxylic acids is 1. The Labute approximate surface area is 132 Å². The topological polar surface area (TPSA) is 70.8 Å². The van der Waals surface area contributed by atoms with E-state index in [9.17, 15) is 14.0 Å². The number of carbonyl (C=O) groups excluding carboxylic acids is 1. The first-order valence-corrected chi connectivity index (χ1v) is 7.45. The summed E-state index contributed by atoms with van der Waals surface area (Å²) in [7, 11) is 0. The normalized spacial score (nSPS) is 21.1. The molecule has 0 aliphatic carbocycles. The number of carboxylic acid groups (broad SMARTS) is 1. The number of hydrogen-bond acceptors (Lipinski definition) is 3. The number of nitrogens with zero attached hydrogens (tertiary/aromatic N) is 1.